The molecule has 0 aromatic rings. The molecule has 2 fully saturated rings. The number of nitrogens with one attached hydrogen (secondary N) is 2. The van der Waals surface area contributed by atoms with Crippen molar-refractivity contribution in [2.45, 2.75) is 58.9 Å². The van der Waals surface area contributed by atoms with Gasteiger partial charge in [0.05, 0.1) is 0 Å². The minimum atomic E-state index is 0.268. The van der Waals surface area contributed by atoms with Gasteiger partial charge in [-0.3, -0.25) is 4.79 Å². The summed E-state index contributed by atoms with van der Waals surface area (Å²) in [6, 6.07) is 0.416. The van der Waals surface area contributed by atoms with Gasteiger partial charge in [0, 0.05) is 12.5 Å². The predicted octanol–water partition coefficient (Wildman–Crippen LogP) is 2.56. The lowest BCUT2D eigenvalue weighted by Crippen LogP contribution is -2.40. The van der Waals surface area contributed by atoms with Gasteiger partial charge in [-0.2, -0.15) is 0 Å². The maximum absolute atomic E-state index is 12.2. The number of rotatable bonds is 4. The number of amides is 1. The average molecular weight is 266 g/mol. The lowest BCUT2D eigenvalue weighted by atomic mass is 9.85. The molecule has 2 N–H and O–H groups in total. The molecule has 2 aliphatic rings. The second kappa shape index (κ2) is 6.74. The van der Waals surface area contributed by atoms with Gasteiger partial charge in [-0.15, -0.1) is 0 Å². The topological polar surface area (TPSA) is 41.1 Å². The Morgan fingerprint density at radius 3 is 2.68 bits per heavy atom. The van der Waals surface area contributed by atoms with E-state index in [-0.39, 0.29) is 5.91 Å². The Kier molecular flexibility index (Phi) is 5.26. The van der Waals surface area contributed by atoms with E-state index in [9.17, 15) is 4.79 Å². The van der Waals surface area contributed by atoms with Gasteiger partial charge in [0.15, 0.2) is 0 Å². The average Bonchev–Trinajstić information content (AvgIpc) is 2.71. The van der Waals surface area contributed by atoms with Gasteiger partial charge in [-0.05, 0) is 62.4 Å². The van der Waals surface area contributed by atoms with Crippen LogP contribution in [0.2, 0.25) is 0 Å². The van der Waals surface area contributed by atoms with Gasteiger partial charge in [0.2, 0.25) is 5.91 Å². The molecular formula is C16H30N2O. The minimum Gasteiger partial charge on any atom is -0.353 e. The van der Waals surface area contributed by atoms with Crippen molar-refractivity contribution in [3.63, 3.8) is 0 Å². The SMILES string of the molecule is CC(CC(=O)NC1CCC(C)C1C)C1CCCNC1. The Morgan fingerprint density at radius 2 is 2.11 bits per heavy atom. The highest BCUT2D eigenvalue weighted by Crippen LogP contribution is 2.31. The fraction of sp³-hybridized carbons (Fsp3) is 0.938. The first-order valence-corrected chi connectivity index (χ1v) is 8.08. The second-order valence-electron chi connectivity index (χ2n) is 6.88. The molecule has 0 bridgehead atoms. The molecule has 0 aromatic carbocycles. The summed E-state index contributed by atoms with van der Waals surface area (Å²) in [4.78, 5) is 12.2. The molecule has 1 aliphatic carbocycles. The van der Waals surface area contributed by atoms with E-state index >= 15 is 0 Å². The van der Waals surface area contributed by atoms with Crippen molar-refractivity contribution >= 4 is 5.91 Å². The van der Waals surface area contributed by atoms with E-state index in [4.69, 9.17) is 0 Å². The fourth-order valence-corrected chi connectivity index (χ4v) is 3.66. The van der Waals surface area contributed by atoms with E-state index in [0.29, 0.717) is 30.2 Å². The zero-order valence-corrected chi connectivity index (χ0v) is 12.7. The summed E-state index contributed by atoms with van der Waals surface area (Å²) in [7, 11) is 0. The highest BCUT2D eigenvalue weighted by atomic mass is 16.1. The number of hydrogen-bond acceptors (Lipinski definition) is 2. The van der Waals surface area contributed by atoms with Crippen LogP contribution in [-0.2, 0) is 4.79 Å². The Balaban J connectivity index is 1.74. The monoisotopic (exact) mass is 266 g/mol. The minimum absolute atomic E-state index is 0.268. The Labute approximate surface area is 117 Å². The van der Waals surface area contributed by atoms with Crippen LogP contribution in [0.25, 0.3) is 0 Å². The van der Waals surface area contributed by atoms with E-state index in [1.807, 2.05) is 0 Å². The Hall–Kier alpha value is -0.570. The summed E-state index contributed by atoms with van der Waals surface area (Å²) in [6.45, 7) is 9.04. The summed E-state index contributed by atoms with van der Waals surface area (Å²) >= 11 is 0. The first-order chi connectivity index (χ1) is 9.08. The maximum atomic E-state index is 12.2. The van der Waals surface area contributed by atoms with Crippen molar-refractivity contribution < 1.29 is 4.79 Å². The standard InChI is InChI=1S/C16H30N2O/c1-11-6-7-15(13(11)3)18-16(19)9-12(2)14-5-4-8-17-10-14/h11-15,17H,4-10H2,1-3H3,(H,18,19). The van der Waals surface area contributed by atoms with E-state index in [2.05, 4.69) is 31.4 Å². The molecular weight excluding hydrogens is 236 g/mol. The Morgan fingerprint density at radius 1 is 1.32 bits per heavy atom. The van der Waals surface area contributed by atoms with E-state index in [1.54, 1.807) is 0 Å². The number of carbonyl (C=O) groups is 1. The fourth-order valence-electron chi connectivity index (χ4n) is 3.66. The molecule has 0 aromatic heterocycles. The van der Waals surface area contributed by atoms with Crippen LogP contribution >= 0.6 is 0 Å². The number of piperidine rings is 1. The molecule has 19 heavy (non-hydrogen) atoms. The zero-order valence-electron chi connectivity index (χ0n) is 12.7. The molecule has 5 unspecified atom stereocenters. The van der Waals surface area contributed by atoms with E-state index in [0.717, 1.165) is 25.4 Å². The van der Waals surface area contributed by atoms with Crippen LogP contribution in [0.4, 0.5) is 0 Å². The molecule has 1 amide bonds. The molecule has 1 saturated heterocycles. The van der Waals surface area contributed by atoms with Gasteiger partial charge in [0.25, 0.3) is 0 Å². The lowest BCUT2D eigenvalue weighted by Gasteiger charge is -2.28. The van der Waals surface area contributed by atoms with Crippen LogP contribution in [0, 0.1) is 23.7 Å². The molecule has 0 radical (unpaired) electrons. The predicted molar refractivity (Wildman–Crippen MR) is 78.9 cm³/mol. The first kappa shape index (κ1) is 14.8. The van der Waals surface area contributed by atoms with Crippen LogP contribution in [-0.4, -0.2) is 25.0 Å². The van der Waals surface area contributed by atoms with Crippen molar-refractivity contribution in [3.8, 4) is 0 Å². The third-order valence-corrected chi connectivity index (χ3v) is 5.46. The van der Waals surface area contributed by atoms with Crippen LogP contribution in [0.5, 0.6) is 0 Å². The summed E-state index contributed by atoms with van der Waals surface area (Å²) in [6.07, 6.45) is 5.65. The van der Waals surface area contributed by atoms with Gasteiger partial charge in [-0.25, -0.2) is 0 Å². The normalized spacial score (nSPS) is 37.0. The van der Waals surface area contributed by atoms with Crippen molar-refractivity contribution in [1.29, 1.82) is 0 Å². The van der Waals surface area contributed by atoms with Crippen LogP contribution < -0.4 is 10.6 Å². The largest absolute Gasteiger partial charge is 0.353 e. The summed E-state index contributed by atoms with van der Waals surface area (Å²) in [5, 5.41) is 6.71. The van der Waals surface area contributed by atoms with Gasteiger partial charge in [-0.1, -0.05) is 20.8 Å². The number of hydrogen-bond donors (Lipinski definition) is 2. The number of carbonyl (C=O) groups excluding carboxylic acids is 1. The maximum Gasteiger partial charge on any atom is 0.220 e. The zero-order chi connectivity index (χ0) is 13.8. The molecule has 1 aliphatic heterocycles. The molecule has 3 nitrogen and oxygen atoms in total. The summed E-state index contributed by atoms with van der Waals surface area (Å²) in [5.41, 5.74) is 0. The molecule has 110 valence electrons. The summed E-state index contributed by atoms with van der Waals surface area (Å²) in [5.74, 6) is 2.84. The summed E-state index contributed by atoms with van der Waals surface area (Å²) < 4.78 is 0. The van der Waals surface area contributed by atoms with E-state index in [1.165, 1.54) is 19.3 Å². The van der Waals surface area contributed by atoms with Crippen LogP contribution in [0.15, 0.2) is 0 Å². The van der Waals surface area contributed by atoms with Crippen molar-refractivity contribution in [2.75, 3.05) is 13.1 Å². The van der Waals surface area contributed by atoms with Crippen LogP contribution in [0.1, 0.15) is 52.9 Å². The molecule has 1 heterocycles. The van der Waals surface area contributed by atoms with Gasteiger partial charge in [0.1, 0.15) is 0 Å². The third kappa shape index (κ3) is 3.95. The lowest BCUT2D eigenvalue weighted by molar-refractivity contribution is -0.123. The quantitative estimate of drug-likeness (QED) is 0.821. The Bertz CT molecular complexity index is 299. The second-order valence-corrected chi connectivity index (χ2v) is 6.88. The van der Waals surface area contributed by atoms with Crippen molar-refractivity contribution in [3.05, 3.63) is 0 Å². The van der Waals surface area contributed by atoms with Crippen LogP contribution in [0.3, 0.4) is 0 Å². The highest BCUT2D eigenvalue weighted by molar-refractivity contribution is 5.76. The molecule has 3 heteroatoms. The third-order valence-electron chi connectivity index (χ3n) is 5.46. The highest BCUT2D eigenvalue weighted by Gasteiger charge is 2.31. The van der Waals surface area contributed by atoms with Crippen molar-refractivity contribution in [2.24, 2.45) is 23.7 Å². The smallest absolute Gasteiger partial charge is 0.220 e. The first-order valence-electron chi connectivity index (χ1n) is 8.08. The van der Waals surface area contributed by atoms with Gasteiger partial charge >= 0.3 is 0 Å². The molecule has 1 saturated carbocycles. The van der Waals surface area contributed by atoms with E-state index < -0.39 is 0 Å². The molecule has 0 spiro atoms. The van der Waals surface area contributed by atoms with Gasteiger partial charge < -0.3 is 10.6 Å². The molecule has 2 rings (SSSR count). The van der Waals surface area contributed by atoms with Crippen molar-refractivity contribution in [1.82, 2.24) is 10.6 Å². The molecule has 5 atom stereocenters.